The Morgan fingerprint density at radius 2 is 2.00 bits per heavy atom. The molecule has 0 atom stereocenters. The monoisotopic (exact) mass is 211 g/mol. The molecule has 0 aromatic heterocycles. The first-order valence-corrected chi connectivity index (χ1v) is 5.40. The van der Waals surface area contributed by atoms with Gasteiger partial charge in [0, 0.05) is 33.2 Å². The Balaban J connectivity index is 2.10. The van der Waals surface area contributed by atoms with Crippen LogP contribution in [0.2, 0.25) is 0 Å². The van der Waals surface area contributed by atoms with Gasteiger partial charge in [0.15, 0.2) is 0 Å². The maximum absolute atomic E-state index is 10.4. The van der Waals surface area contributed by atoms with Crippen LogP contribution in [-0.2, 0) is 9.47 Å². The fraction of sp³-hybridized carbons (Fsp3) is 0.909. The predicted octanol–water partition coefficient (Wildman–Crippen LogP) is 0.847. The molecule has 1 saturated carbocycles. The van der Waals surface area contributed by atoms with E-state index in [0.29, 0.717) is 38.9 Å². The quantitative estimate of drug-likeness (QED) is 0.735. The van der Waals surface area contributed by atoms with Crippen molar-refractivity contribution in [3.8, 4) is 6.07 Å². The van der Waals surface area contributed by atoms with Gasteiger partial charge in [0.25, 0.3) is 0 Å². The third kappa shape index (κ3) is 1.55. The molecule has 0 spiro atoms. The summed E-state index contributed by atoms with van der Waals surface area (Å²) in [5.74, 6) is 0. The minimum absolute atomic E-state index is 0.114. The molecule has 84 valence electrons. The predicted molar refractivity (Wildman–Crippen MR) is 53.1 cm³/mol. The number of nitriles is 1. The van der Waals surface area contributed by atoms with E-state index in [1.165, 1.54) is 0 Å². The molecule has 0 amide bonds. The molecule has 4 nitrogen and oxygen atoms in total. The Hall–Kier alpha value is -0.630. The lowest BCUT2D eigenvalue weighted by atomic mass is 9.57. The van der Waals surface area contributed by atoms with Crippen molar-refractivity contribution in [1.29, 1.82) is 5.26 Å². The lowest BCUT2D eigenvalue weighted by molar-refractivity contribution is -0.198. The van der Waals surface area contributed by atoms with E-state index in [4.69, 9.17) is 9.47 Å². The molecule has 0 aromatic carbocycles. The van der Waals surface area contributed by atoms with Gasteiger partial charge in [-0.25, -0.2) is 0 Å². The minimum atomic E-state index is -0.855. The highest BCUT2D eigenvalue weighted by Gasteiger charge is 2.58. The van der Waals surface area contributed by atoms with Crippen LogP contribution in [0.3, 0.4) is 0 Å². The summed E-state index contributed by atoms with van der Waals surface area (Å²) in [5, 5.41) is 19.7. The van der Waals surface area contributed by atoms with Crippen LogP contribution >= 0.6 is 0 Å². The standard InChI is InChI=1S/C11H17NO3/c1-14-9-6-11(13,7-9)10(8-12)2-4-15-5-3-10/h9,13H,2-7H2,1H3. The summed E-state index contributed by atoms with van der Waals surface area (Å²) in [6, 6.07) is 2.32. The lowest BCUT2D eigenvalue weighted by Gasteiger charge is -2.53. The van der Waals surface area contributed by atoms with Crippen molar-refractivity contribution in [3.63, 3.8) is 0 Å². The summed E-state index contributed by atoms with van der Waals surface area (Å²) < 4.78 is 10.4. The van der Waals surface area contributed by atoms with E-state index in [1.54, 1.807) is 7.11 Å². The molecule has 0 aromatic rings. The molecule has 2 fully saturated rings. The van der Waals surface area contributed by atoms with Gasteiger partial charge in [0.05, 0.1) is 23.2 Å². The normalized spacial score (nSPS) is 39.1. The van der Waals surface area contributed by atoms with Crippen molar-refractivity contribution in [1.82, 2.24) is 0 Å². The van der Waals surface area contributed by atoms with Gasteiger partial charge in [-0.2, -0.15) is 5.26 Å². The highest BCUT2D eigenvalue weighted by Crippen LogP contribution is 2.51. The molecule has 2 aliphatic rings. The number of methoxy groups -OCH3 is 1. The van der Waals surface area contributed by atoms with Crippen molar-refractivity contribution < 1.29 is 14.6 Å². The number of ether oxygens (including phenoxy) is 2. The number of rotatable bonds is 2. The summed E-state index contributed by atoms with van der Waals surface area (Å²) in [6.45, 7) is 1.15. The maximum Gasteiger partial charge on any atom is 0.0905 e. The van der Waals surface area contributed by atoms with Crippen LogP contribution in [0.25, 0.3) is 0 Å². The van der Waals surface area contributed by atoms with Gasteiger partial charge in [-0.1, -0.05) is 0 Å². The third-order valence-corrected chi connectivity index (χ3v) is 3.92. The molecule has 1 aliphatic heterocycles. The Bertz CT molecular complexity index is 272. The van der Waals surface area contributed by atoms with Crippen molar-refractivity contribution in [2.45, 2.75) is 37.4 Å². The average Bonchev–Trinajstić information content (AvgIpc) is 2.25. The first-order chi connectivity index (χ1) is 7.16. The van der Waals surface area contributed by atoms with E-state index in [1.807, 2.05) is 0 Å². The van der Waals surface area contributed by atoms with Crippen LogP contribution in [0.1, 0.15) is 25.7 Å². The molecular formula is C11H17NO3. The second kappa shape index (κ2) is 3.75. The summed E-state index contributed by atoms with van der Waals surface area (Å²) in [5.41, 5.74) is -1.47. The van der Waals surface area contributed by atoms with Gasteiger partial charge in [0.1, 0.15) is 0 Å². The zero-order chi connectivity index (χ0) is 10.9. The maximum atomic E-state index is 10.4. The van der Waals surface area contributed by atoms with Crippen molar-refractivity contribution in [2.75, 3.05) is 20.3 Å². The largest absolute Gasteiger partial charge is 0.388 e. The lowest BCUT2D eigenvalue weighted by Crippen LogP contribution is -2.60. The molecule has 0 radical (unpaired) electrons. The van der Waals surface area contributed by atoms with E-state index < -0.39 is 11.0 Å². The molecule has 4 heteroatoms. The van der Waals surface area contributed by atoms with Crippen LogP contribution in [0.5, 0.6) is 0 Å². The second-order valence-electron chi connectivity index (χ2n) is 4.60. The fourth-order valence-electron chi connectivity index (χ4n) is 2.65. The topological polar surface area (TPSA) is 62.5 Å². The average molecular weight is 211 g/mol. The molecule has 15 heavy (non-hydrogen) atoms. The van der Waals surface area contributed by atoms with Crippen LogP contribution < -0.4 is 0 Å². The SMILES string of the molecule is COC1CC(O)(C2(C#N)CCOCC2)C1. The van der Waals surface area contributed by atoms with E-state index >= 15 is 0 Å². The van der Waals surface area contributed by atoms with Gasteiger partial charge in [-0.05, 0) is 12.8 Å². The van der Waals surface area contributed by atoms with Gasteiger partial charge in [-0.3, -0.25) is 0 Å². The first kappa shape index (κ1) is 10.9. The van der Waals surface area contributed by atoms with Gasteiger partial charge in [-0.15, -0.1) is 0 Å². The number of hydrogen-bond acceptors (Lipinski definition) is 4. The number of aliphatic hydroxyl groups is 1. The summed E-state index contributed by atoms with van der Waals surface area (Å²) in [6.07, 6.45) is 2.55. The highest BCUT2D eigenvalue weighted by molar-refractivity contribution is 5.17. The Labute approximate surface area is 89.8 Å². The van der Waals surface area contributed by atoms with Gasteiger partial charge in [0.2, 0.25) is 0 Å². The molecule has 0 bridgehead atoms. The van der Waals surface area contributed by atoms with Crippen molar-refractivity contribution >= 4 is 0 Å². The number of nitrogens with zero attached hydrogens (tertiary/aromatic N) is 1. The molecule has 1 heterocycles. The first-order valence-electron chi connectivity index (χ1n) is 5.40. The zero-order valence-electron chi connectivity index (χ0n) is 9.03. The second-order valence-corrected chi connectivity index (χ2v) is 4.60. The fourth-order valence-corrected chi connectivity index (χ4v) is 2.65. The molecule has 1 saturated heterocycles. The molecular weight excluding hydrogens is 194 g/mol. The molecule has 0 unspecified atom stereocenters. The molecule has 2 rings (SSSR count). The third-order valence-electron chi connectivity index (χ3n) is 3.92. The van der Waals surface area contributed by atoms with E-state index in [-0.39, 0.29) is 6.10 Å². The van der Waals surface area contributed by atoms with Gasteiger partial charge < -0.3 is 14.6 Å². The van der Waals surface area contributed by atoms with E-state index in [9.17, 15) is 10.4 Å². The van der Waals surface area contributed by atoms with Crippen LogP contribution in [-0.4, -0.2) is 37.1 Å². The van der Waals surface area contributed by atoms with E-state index in [2.05, 4.69) is 6.07 Å². The Morgan fingerprint density at radius 1 is 1.40 bits per heavy atom. The Kier molecular flexibility index (Phi) is 2.72. The zero-order valence-corrected chi connectivity index (χ0v) is 9.03. The minimum Gasteiger partial charge on any atom is -0.388 e. The molecule has 1 N–H and O–H groups in total. The van der Waals surface area contributed by atoms with Gasteiger partial charge >= 0.3 is 0 Å². The highest BCUT2D eigenvalue weighted by atomic mass is 16.5. The van der Waals surface area contributed by atoms with Crippen molar-refractivity contribution in [3.05, 3.63) is 0 Å². The smallest absolute Gasteiger partial charge is 0.0905 e. The molecule has 1 aliphatic carbocycles. The summed E-state index contributed by atoms with van der Waals surface area (Å²) in [4.78, 5) is 0. The van der Waals surface area contributed by atoms with Crippen LogP contribution in [0, 0.1) is 16.7 Å². The van der Waals surface area contributed by atoms with Crippen molar-refractivity contribution in [2.24, 2.45) is 5.41 Å². The summed E-state index contributed by atoms with van der Waals surface area (Å²) in [7, 11) is 1.65. The van der Waals surface area contributed by atoms with Crippen LogP contribution in [0.15, 0.2) is 0 Å². The van der Waals surface area contributed by atoms with Crippen LogP contribution in [0.4, 0.5) is 0 Å². The Morgan fingerprint density at radius 3 is 2.47 bits per heavy atom. The summed E-state index contributed by atoms with van der Waals surface area (Å²) >= 11 is 0. The number of hydrogen-bond donors (Lipinski definition) is 1. The van der Waals surface area contributed by atoms with E-state index in [0.717, 1.165) is 0 Å².